The highest BCUT2D eigenvalue weighted by Crippen LogP contribution is 2.29. The van der Waals surface area contributed by atoms with Gasteiger partial charge in [-0.3, -0.25) is 9.59 Å². The van der Waals surface area contributed by atoms with E-state index in [-0.39, 0.29) is 18.2 Å². The molecule has 24 heavy (non-hydrogen) atoms. The zero-order valence-electron chi connectivity index (χ0n) is 14.2. The minimum atomic E-state index is -0.397. The molecule has 1 aromatic carbocycles. The lowest BCUT2D eigenvalue weighted by Gasteiger charge is -2.27. The molecule has 128 valence electrons. The number of carbonyl (C=O) groups excluding carboxylic acids is 2. The summed E-state index contributed by atoms with van der Waals surface area (Å²) in [5.74, 6) is -0.314. The first kappa shape index (κ1) is 17.0. The van der Waals surface area contributed by atoms with Gasteiger partial charge in [-0.2, -0.15) is 4.99 Å². The monoisotopic (exact) mass is 345 g/mol. The van der Waals surface area contributed by atoms with Gasteiger partial charge < -0.3 is 10.2 Å². The fourth-order valence-electron chi connectivity index (χ4n) is 3.10. The molecule has 2 amide bonds. The highest BCUT2D eigenvalue weighted by atomic mass is 32.2. The van der Waals surface area contributed by atoms with Crippen molar-refractivity contribution in [1.29, 1.82) is 0 Å². The molecule has 0 aliphatic carbocycles. The summed E-state index contributed by atoms with van der Waals surface area (Å²) in [5, 5.41) is 3.35. The lowest BCUT2D eigenvalue weighted by Crippen LogP contribution is -2.33. The number of benzene rings is 1. The van der Waals surface area contributed by atoms with Crippen LogP contribution >= 0.6 is 11.8 Å². The van der Waals surface area contributed by atoms with Gasteiger partial charge in [0.25, 0.3) is 5.91 Å². The maximum absolute atomic E-state index is 12.4. The van der Waals surface area contributed by atoms with Gasteiger partial charge in [-0.1, -0.05) is 30.0 Å². The maximum Gasteiger partial charge on any atom is 0.262 e. The summed E-state index contributed by atoms with van der Waals surface area (Å²) in [7, 11) is 0. The first-order valence-corrected chi connectivity index (χ1v) is 9.33. The van der Waals surface area contributed by atoms with Gasteiger partial charge in [0, 0.05) is 25.2 Å². The number of nitrogens with one attached hydrogen (secondary N) is 1. The van der Waals surface area contributed by atoms with E-state index in [1.54, 1.807) is 0 Å². The van der Waals surface area contributed by atoms with E-state index in [0.29, 0.717) is 0 Å². The molecule has 1 aromatic rings. The van der Waals surface area contributed by atoms with Crippen LogP contribution in [0, 0.1) is 13.8 Å². The SMILES string of the molecule is Cc1cccc(C)c1NC(=O)C[C@H]1SC(N2CCCCC2)=NC1=O. The van der Waals surface area contributed by atoms with Crippen LogP contribution in [0.15, 0.2) is 23.2 Å². The molecule has 1 atom stereocenters. The van der Waals surface area contributed by atoms with Crippen molar-refractivity contribution in [3.8, 4) is 0 Å². The number of para-hydroxylation sites is 1. The third-order valence-electron chi connectivity index (χ3n) is 4.47. The van der Waals surface area contributed by atoms with Crippen LogP contribution in [0.3, 0.4) is 0 Å². The Bertz CT molecular complexity index is 661. The molecule has 1 fully saturated rings. The molecule has 0 bridgehead atoms. The largest absolute Gasteiger partial charge is 0.351 e. The highest BCUT2D eigenvalue weighted by molar-refractivity contribution is 8.15. The number of amides is 2. The normalized spacial score (nSPS) is 20.9. The molecule has 0 radical (unpaired) electrons. The van der Waals surface area contributed by atoms with Crippen molar-refractivity contribution < 1.29 is 9.59 Å². The number of hydrogen-bond acceptors (Lipinski definition) is 4. The predicted molar refractivity (Wildman–Crippen MR) is 98.4 cm³/mol. The van der Waals surface area contributed by atoms with Gasteiger partial charge in [0.1, 0.15) is 5.25 Å². The predicted octanol–water partition coefficient (Wildman–Crippen LogP) is 3.12. The molecule has 0 spiro atoms. The second-order valence-corrected chi connectivity index (χ2v) is 7.58. The van der Waals surface area contributed by atoms with E-state index >= 15 is 0 Å². The summed E-state index contributed by atoms with van der Waals surface area (Å²) >= 11 is 1.44. The molecule has 1 N–H and O–H groups in total. The van der Waals surface area contributed by atoms with E-state index in [2.05, 4.69) is 15.2 Å². The number of hydrogen-bond donors (Lipinski definition) is 1. The zero-order chi connectivity index (χ0) is 17.1. The average molecular weight is 345 g/mol. The molecular weight excluding hydrogens is 322 g/mol. The van der Waals surface area contributed by atoms with Crippen LogP contribution in [0.5, 0.6) is 0 Å². The van der Waals surface area contributed by atoms with Crippen molar-refractivity contribution >= 4 is 34.4 Å². The lowest BCUT2D eigenvalue weighted by atomic mass is 10.1. The Balaban J connectivity index is 1.58. The smallest absolute Gasteiger partial charge is 0.262 e. The van der Waals surface area contributed by atoms with E-state index in [0.717, 1.165) is 47.9 Å². The van der Waals surface area contributed by atoms with Gasteiger partial charge in [0.15, 0.2) is 5.17 Å². The van der Waals surface area contributed by atoms with Crippen molar-refractivity contribution in [1.82, 2.24) is 4.90 Å². The Kier molecular flexibility index (Phi) is 5.23. The lowest BCUT2D eigenvalue weighted by molar-refractivity contribution is -0.121. The van der Waals surface area contributed by atoms with E-state index in [1.165, 1.54) is 18.2 Å². The van der Waals surface area contributed by atoms with Crippen LogP contribution in [0.25, 0.3) is 0 Å². The van der Waals surface area contributed by atoms with E-state index in [9.17, 15) is 9.59 Å². The van der Waals surface area contributed by atoms with Crippen LogP contribution in [-0.2, 0) is 9.59 Å². The number of piperidine rings is 1. The van der Waals surface area contributed by atoms with Crippen LogP contribution in [0.1, 0.15) is 36.8 Å². The Morgan fingerprint density at radius 1 is 1.25 bits per heavy atom. The van der Waals surface area contributed by atoms with E-state index in [4.69, 9.17) is 0 Å². The number of anilines is 1. The molecule has 6 heteroatoms. The number of carbonyl (C=O) groups is 2. The number of rotatable bonds is 3. The van der Waals surface area contributed by atoms with Gasteiger partial charge in [0.2, 0.25) is 5.91 Å². The van der Waals surface area contributed by atoms with E-state index < -0.39 is 5.25 Å². The van der Waals surface area contributed by atoms with Crippen molar-refractivity contribution in [2.24, 2.45) is 4.99 Å². The van der Waals surface area contributed by atoms with Crippen molar-refractivity contribution in [2.45, 2.75) is 44.8 Å². The Labute approximate surface area is 146 Å². The fraction of sp³-hybridized carbons (Fsp3) is 0.500. The van der Waals surface area contributed by atoms with Crippen LogP contribution < -0.4 is 5.32 Å². The minimum Gasteiger partial charge on any atom is -0.351 e. The first-order valence-electron chi connectivity index (χ1n) is 8.45. The third kappa shape index (κ3) is 3.80. The average Bonchev–Trinajstić information content (AvgIpc) is 2.93. The van der Waals surface area contributed by atoms with E-state index in [1.807, 2.05) is 32.0 Å². The quantitative estimate of drug-likeness (QED) is 0.914. The summed E-state index contributed by atoms with van der Waals surface area (Å²) in [4.78, 5) is 30.8. The molecule has 2 aliphatic heterocycles. The van der Waals surface area contributed by atoms with Crippen LogP contribution in [0.2, 0.25) is 0 Å². The molecule has 2 aliphatic rings. The fourth-order valence-corrected chi connectivity index (χ4v) is 4.22. The molecule has 3 rings (SSSR count). The topological polar surface area (TPSA) is 61.8 Å². The number of thioether (sulfide) groups is 1. The van der Waals surface area contributed by atoms with Gasteiger partial charge in [-0.15, -0.1) is 0 Å². The number of amidine groups is 1. The minimum absolute atomic E-state index is 0.131. The summed E-state index contributed by atoms with van der Waals surface area (Å²) in [6.07, 6.45) is 3.69. The first-order chi connectivity index (χ1) is 11.5. The molecule has 0 aromatic heterocycles. The Morgan fingerprint density at radius 3 is 2.58 bits per heavy atom. The van der Waals surface area contributed by atoms with Crippen molar-refractivity contribution in [3.05, 3.63) is 29.3 Å². The molecule has 0 unspecified atom stereocenters. The third-order valence-corrected chi connectivity index (χ3v) is 5.68. The Morgan fingerprint density at radius 2 is 1.92 bits per heavy atom. The molecule has 5 nitrogen and oxygen atoms in total. The number of aryl methyl sites for hydroxylation is 2. The van der Waals surface area contributed by atoms with Crippen LogP contribution in [0.4, 0.5) is 5.69 Å². The molecule has 1 saturated heterocycles. The second-order valence-electron chi connectivity index (χ2n) is 6.41. The summed E-state index contributed by atoms with van der Waals surface area (Å²) in [6, 6.07) is 5.90. The van der Waals surface area contributed by atoms with Gasteiger partial charge in [0.05, 0.1) is 0 Å². The number of aliphatic imine (C=N–C) groups is 1. The maximum atomic E-state index is 12.4. The number of likely N-dealkylation sites (tertiary alicyclic amines) is 1. The summed E-state index contributed by atoms with van der Waals surface area (Å²) in [6.45, 7) is 5.85. The van der Waals surface area contributed by atoms with Gasteiger partial charge in [-0.05, 0) is 44.2 Å². The Hall–Kier alpha value is -1.82. The summed E-state index contributed by atoms with van der Waals surface area (Å²) in [5.41, 5.74) is 2.90. The molecular formula is C18H23N3O2S. The second kappa shape index (κ2) is 7.38. The highest BCUT2D eigenvalue weighted by Gasteiger charge is 2.33. The zero-order valence-corrected chi connectivity index (χ0v) is 15.0. The van der Waals surface area contributed by atoms with Crippen LogP contribution in [-0.4, -0.2) is 40.2 Å². The van der Waals surface area contributed by atoms with Gasteiger partial charge in [-0.25, -0.2) is 0 Å². The molecule has 0 saturated carbocycles. The number of nitrogens with zero attached hydrogens (tertiary/aromatic N) is 2. The van der Waals surface area contributed by atoms with Gasteiger partial charge >= 0.3 is 0 Å². The standard InChI is InChI=1S/C18H23N3O2S/c1-12-7-6-8-13(2)16(12)19-15(22)11-14-17(23)20-18(24-14)21-9-4-3-5-10-21/h6-8,14H,3-5,9-11H2,1-2H3,(H,19,22)/t14-/m1/s1. The summed E-state index contributed by atoms with van der Waals surface area (Å²) < 4.78 is 0. The van der Waals surface area contributed by atoms with Crippen molar-refractivity contribution in [2.75, 3.05) is 18.4 Å². The molecule has 2 heterocycles. The van der Waals surface area contributed by atoms with Crippen molar-refractivity contribution in [3.63, 3.8) is 0 Å².